The Morgan fingerprint density at radius 1 is 0.897 bits per heavy atom. The zero-order chi connectivity index (χ0) is 20.8. The number of hydrogen-bond acceptors (Lipinski definition) is 3. The molecule has 1 amide bonds. The average Bonchev–Trinajstić information content (AvgIpc) is 2.72. The van der Waals surface area contributed by atoms with Gasteiger partial charge >= 0.3 is 5.97 Å². The van der Waals surface area contributed by atoms with Crippen molar-refractivity contribution < 1.29 is 19.4 Å². The summed E-state index contributed by atoms with van der Waals surface area (Å²) in [6.45, 7) is 1.41. The number of anilines is 1. The number of carboxylic acids is 1. The Hall–Kier alpha value is -3.86. The Labute approximate surface area is 169 Å². The second kappa shape index (κ2) is 8.89. The molecule has 0 aliphatic heterocycles. The van der Waals surface area contributed by atoms with Crippen LogP contribution in [0.15, 0.2) is 78.9 Å². The average molecular weight is 387 g/mol. The molecule has 0 unspecified atom stereocenters. The Kier molecular flexibility index (Phi) is 6.09. The summed E-state index contributed by atoms with van der Waals surface area (Å²) in [5.41, 5.74) is 4.55. The number of carbonyl (C=O) groups excluding carboxylic acids is 1. The molecule has 0 saturated carbocycles. The van der Waals surface area contributed by atoms with Gasteiger partial charge in [0.1, 0.15) is 5.75 Å². The highest BCUT2D eigenvalue weighted by Gasteiger charge is 2.12. The number of benzene rings is 3. The third kappa shape index (κ3) is 4.90. The number of carboxylic acid groups (broad SMARTS) is 1. The van der Waals surface area contributed by atoms with Crippen LogP contribution >= 0.6 is 0 Å². The topological polar surface area (TPSA) is 75.6 Å². The van der Waals surface area contributed by atoms with E-state index >= 15 is 0 Å². The molecule has 3 aromatic carbocycles. The summed E-state index contributed by atoms with van der Waals surface area (Å²) in [4.78, 5) is 23.0. The lowest BCUT2D eigenvalue weighted by molar-refractivity contribution is -0.131. The summed E-state index contributed by atoms with van der Waals surface area (Å²) in [7, 11) is 1.51. The molecule has 0 radical (unpaired) electrons. The maximum absolute atomic E-state index is 11.5. The smallest absolute Gasteiger partial charge is 0.328 e. The van der Waals surface area contributed by atoms with Crippen LogP contribution in [-0.2, 0) is 9.59 Å². The van der Waals surface area contributed by atoms with E-state index in [2.05, 4.69) is 5.32 Å². The number of methoxy groups -OCH3 is 1. The summed E-state index contributed by atoms with van der Waals surface area (Å²) < 4.78 is 5.28. The van der Waals surface area contributed by atoms with E-state index in [9.17, 15) is 14.7 Å². The van der Waals surface area contributed by atoms with Crippen LogP contribution in [0.5, 0.6) is 5.75 Å². The highest BCUT2D eigenvalue weighted by molar-refractivity contribution is 5.97. The lowest BCUT2D eigenvalue weighted by atomic mass is 9.95. The molecular formula is C24H21NO4. The van der Waals surface area contributed by atoms with E-state index < -0.39 is 5.97 Å². The number of ether oxygens (including phenoxy) is 1. The van der Waals surface area contributed by atoms with Gasteiger partial charge < -0.3 is 15.2 Å². The first-order valence-electron chi connectivity index (χ1n) is 9.04. The van der Waals surface area contributed by atoms with Gasteiger partial charge in [0, 0.05) is 13.0 Å². The third-order valence-electron chi connectivity index (χ3n) is 4.39. The van der Waals surface area contributed by atoms with Crippen molar-refractivity contribution in [2.24, 2.45) is 0 Å². The molecule has 0 fully saturated rings. The highest BCUT2D eigenvalue weighted by atomic mass is 16.5. The van der Waals surface area contributed by atoms with E-state index in [-0.39, 0.29) is 5.91 Å². The predicted octanol–water partition coefficient (Wildman–Crippen LogP) is 4.84. The third-order valence-corrected chi connectivity index (χ3v) is 4.39. The molecule has 0 aliphatic rings. The molecule has 0 heterocycles. The number of nitrogens with one attached hydrogen (secondary N) is 1. The van der Waals surface area contributed by atoms with E-state index in [0.29, 0.717) is 22.6 Å². The van der Waals surface area contributed by atoms with E-state index in [4.69, 9.17) is 4.74 Å². The number of aliphatic carboxylic acids is 1. The maximum Gasteiger partial charge on any atom is 0.328 e. The molecule has 3 aromatic rings. The first kappa shape index (κ1) is 19.9. The van der Waals surface area contributed by atoms with Crippen molar-refractivity contribution >= 4 is 23.1 Å². The minimum Gasteiger partial charge on any atom is -0.495 e. The largest absolute Gasteiger partial charge is 0.495 e. The van der Waals surface area contributed by atoms with Crippen molar-refractivity contribution in [2.45, 2.75) is 6.92 Å². The molecule has 29 heavy (non-hydrogen) atoms. The zero-order valence-electron chi connectivity index (χ0n) is 16.2. The van der Waals surface area contributed by atoms with Crippen molar-refractivity contribution in [3.8, 4) is 16.9 Å². The van der Waals surface area contributed by atoms with Crippen LogP contribution in [0.25, 0.3) is 16.7 Å². The number of hydrogen-bond donors (Lipinski definition) is 2. The van der Waals surface area contributed by atoms with Crippen LogP contribution in [0.2, 0.25) is 0 Å². The van der Waals surface area contributed by atoms with Gasteiger partial charge in [-0.15, -0.1) is 0 Å². The van der Waals surface area contributed by atoms with E-state index in [1.165, 1.54) is 14.0 Å². The quantitative estimate of drug-likeness (QED) is 0.594. The van der Waals surface area contributed by atoms with Crippen molar-refractivity contribution in [3.05, 3.63) is 90.0 Å². The van der Waals surface area contributed by atoms with Crippen LogP contribution in [0, 0.1) is 0 Å². The Balaban J connectivity index is 2.03. The molecule has 5 nitrogen and oxygen atoms in total. The van der Waals surface area contributed by atoms with E-state index in [1.807, 2.05) is 54.6 Å². The van der Waals surface area contributed by atoms with Crippen molar-refractivity contribution in [2.75, 3.05) is 12.4 Å². The van der Waals surface area contributed by atoms with Crippen LogP contribution < -0.4 is 10.1 Å². The summed E-state index contributed by atoms with van der Waals surface area (Å²) >= 11 is 0. The number of carbonyl (C=O) groups is 2. The zero-order valence-corrected chi connectivity index (χ0v) is 16.2. The number of rotatable bonds is 6. The summed E-state index contributed by atoms with van der Waals surface area (Å²) in [5.74, 6) is -0.793. The van der Waals surface area contributed by atoms with Crippen molar-refractivity contribution in [3.63, 3.8) is 0 Å². The minimum absolute atomic E-state index is 0.239. The second-order valence-corrected chi connectivity index (χ2v) is 6.44. The van der Waals surface area contributed by atoms with Gasteiger partial charge in [-0.1, -0.05) is 60.7 Å². The molecule has 146 valence electrons. The van der Waals surface area contributed by atoms with Crippen molar-refractivity contribution in [1.82, 2.24) is 0 Å². The Morgan fingerprint density at radius 3 is 2.10 bits per heavy atom. The molecule has 0 aromatic heterocycles. The van der Waals surface area contributed by atoms with Crippen LogP contribution in [0.1, 0.15) is 18.1 Å². The standard InChI is InChI=1S/C24H21NO4/c1-16(26)25-22-14-20(12-13-23(22)29-2)21(15-24(27)28)19-10-8-18(9-11-19)17-6-4-3-5-7-17/h3-15H,1-2H3,(H,25,26)(H,27,28)/b21-15+. The van der Waals surface area contributed by atoms with Crippen LogP contribution in [-0.4, -0.2) is 24.1 Å². The Morgan fingerprint density at radius 2 is 1.52 bits per heavy atom. The van der Waals surface area contributed by atoms with Gasteiger partial charge in [-0.3, -0.25) is 4.79 Å². The Bertz CT molecular complexity index is 1050. The highest BCUT2D eigenvalue weighted by Crippen LogP contribution is 2.32. The van der Waals surface area contributed by atoms with Crippen LogP contribution in [0.3, 0.4) is 0 Å². The SMILES string of the molecule is COc1ccc(/C(=C/C(=O)O)c2ccc(-c3ccccc3)cc2)cc1NC(C)=O. The molecule has 0 aliphatic carbocycles. The normalized spacial score (nSPS) is 11.0. The molecule has 0 spiro atoms. The molecular weight excluding hydrogens is 366 g/mol. The summed E-state index contributed by atoms with van der Waals surface area (Å²) in [5, 5.41) is 12.1. The monoisotopic (exact) mass is 387 g/mol. The molecule has 2 N–H and O–H groups in total. The van der Waals surface area contributed by atoms with Gasteiger partial charge in [-0.2, -0.15) is 0 Å². The van der Waals surface area contributed by atoms with Gasteiger partial charge in [-0.25, -0.2) is 4.79 Å². The molecule has 0 bridgehead atoms. The fraction of sp³-hybridized carbons (Fsp3) is 0.0833. The van der Waals surface area contributed by atoms with Gasteiger partial charge in [0.15, 0.2) is 0 Å². The first-order chi connectivity index (χ1) is 14.0. The van der Waals surface area contributed by atoms with E-state index in [1.54, 1.807) is 18.2 Å². The maximum atomic E-state index is 11.5. The van der Waals surface area contributed by atoms with Gasteiger partial charge in [0.25, 0.3) is 0 Å². The molecule has 0 saturated heterocycles. The van der Waals surface area contributed by atoms with Crippen LogP contribution in [0.4, 0.5) is 5.69 Å². The van der Waals surface area contributed by atoms with E-state index in [0.717, 1.165) is 22.8 Å². The molecule has 3 rings (SSSR count). The predicted molar refractivity (Wildman–Crippen MR) is 114 cm³/mol. The van der Waals surface area contributed by atoms with Gasteiger partial charge in [0.05, 0.1) is 12.8 Å². The minimum atomic E-state index is -1.05. The molecule has 0 atom stereocenters. The summed E-state index contributed by atoms with van der Waals surface area (Å²) in [6.07, 6.45) is 1.16. The second-order valence-electron chi connectivity index (χ2n) is 6.44. The molecule has 5 heteroatoms. The van der Waals surface area contributed by atoms with Gasteiger partial charge in [0.2, 0.25) is 5.91 Å². The lowest BCUT2D eigenvalue weighted by Gasteiger charge is -2.14. The first-order valence-corrected chi connectivity index (χ1v) is 9.04. The summed E-state index contributed by atoms with van der Waals surface area (Å²) in [6, 6.07) is 22.8. The van der Waals surface area contributed by atoms with Crippen molar-refractivity contribution in [1.29, 1.82) is 0 Å². The van der Waals surface area contributed by atoms with Gasteiger partial charge in [-0.05, 0) is 40.0 Å². The fourth-order valence-electron chi connectivity index (χ4n) is 3.09. The lowest BCUT2D eigenvalue weighted by Crippen LogP contribution is -2.07. The fourth-order valence-corrected chi connectivity index (χ4v) is 3.09. The number of amides is 1.